The molecule has 1 atom stereocenters. The van der Waals surface area contributed by atoms with E-state index in [1.165, 1.54) is 0 Å². The lowest BCUT2D eigenvalue weighted by atomic mass is 10.0. The molecule has 1 aliphatic heterocycles. The van der Waals surface area contributed by atoms with Gasteiger partial charge in [0.25, 0.3) is 5.91 Å². The van der Waals surface area contributed by atoms with Crippen LogP contribution < -0.4 is 10.1 Å². The first-order valence-corrected chi connectivity index (χ1v) is 10.8. The summed E-state index contributed by atoms with van der Waals surface area (Å²) in [4.78, 5) is 22.7. The standard InChI is InChI=1S/C23H23N3O2S/c1-14-12-24-15(2)21(26-14)19-9-6-7-16-11-17(28-22(16)19)13-25-23(27)18-8-4-5-10-20(18)29-3/h4-10,12,17H,11,13H2,1-3H3,(H,25,27). The number of nitrogens with one attached hydrogen (secondary N) is 1. The molecule has 0 radical (unpaired) electrons. The Bertz CT molecular complexity index is 1070. The normalized spacial score (nSPS) is 14.9. The van der Waals surface area contributed by atoms with Crippen LogP contribution in [0.25, 0.3) is 11.3 Å². The minimum atomic E-state index is -0.102. The molecule has 1 aromatic heterocycles. The monoisotopic (exact) mass is 405 g/mol. The molecule has 3 aromatic rings. The SMILES string of the molecule is CSc1ccccc1C(=O)NCC1Cc2cccc(-c3nc(C)cnc3C)c2O1. The predicted molar refractivity (Wildman–Crippen MR) is 116 cm³/mol. The molecule has 4 rings (SSSR count). The maximum Gasteiger partial charge on any atom is 0.252 e. The second kappa shape index (κ2) is 8.25. The van der Waals surface area contributed by atoms with E-state index < -0.39 is 0 Å². The third kappa shape index (κ3) is 3.98. The summed E-state index contributed by atoms with van der Waals surface area (Å²) in [6, 6.07) is 13.7. The maximum atomic E-state index is 12.6. The van der Waals surface area contributed by atoms with Gasteiger partial charge in [0.15, 0.2) is 0 Å². The average Bonchev–Trinajstić information content (AvgIpc) is 3.17. The number of aryl methyl sites for hydroxylation is 2. The lowest BCUT2D eigenvalue weighted by Crippen LogP contribution is -2.34. The first-order chi connectivity index (χ1) is 14.1. The van der Waals surface area contributed by atoms with Gasteiger partial charge in [0.05, 0.1) is 29.2 Å². The largest absolute Gasteiger partial charge is 0.487 e. The van der Waals surface area contributed by atoms with E-state index in [0.717, 1.165) is 45.3 Å². The molecule has 1 aliphatic rings. The van der Waals surface area contributed by atoms with E-state index in [-0.39, 0.29) is 12.0 Å². The fraction of sp³-hybridized carbons (Fsp3) is 0.261. The van der Waals surface area contributed by atoms with E-state index in [0.29, 0.717) is 12.1 Å². The second-order valence-electron chi connectivity index (χ2n) is 7.09. The smallest absolute Gasteiger partial charge is 0.252 e. The molecule has 0 saturated carbocycles. The highest BCUT2D eigenvalue weighted by atomic mass is 32.2. The number of para-hydroxylation sites is 1. The molecule has 2 heterocycles. The maximum absolute atomic E-state index is 12.6. The van der Waals surface area contributed by atoms with Crippen LogP contribution in [0.2, 0.25) is 0 Å². The third-order valence-electron chi connectivity index (χ3n) is 5.00. The molecular formula is C23H23N3O2S. The zero-order chi connectivity index (χ0) is 20.4. The van der Waals surface area contributed by atoms with E-state index >= 15 is 0 Å². The quantitative estimate of drug-likeness (QED) is 0.644. The Labute approximate surface area is 174 Å². The topological polar surface area (TPSA) is 64.1 Å². The van der Waals surface area contributed by atoms with Gasteiger partial charge in [0, 0.05) is 23.1 Å². The van der Waals surface area contributed by atoms with Crippen LogP contribution in [0.4, 0.5) is 0 Å². The molecule has 1 amide bonds. The van der Waals surface area contributed by atoms with Gasteiger partial charge in [-0.25, -0.2) is 4.98 Å². The van der Waals surface area contributed by atoms with Gasteiger partial charge in [0.1, 0.15) is 11.9 Å². The molecule has 6 heteroatoms. The van der Waals surface area contributed by atoms with Crippen molar-refractivity contribution in [3.8, 4) is 17.0 Å². The number of thioether (sulfide) groups is 1. The fourth-order valence-corrected chi connectivity index (χ4v) is 4.16. The van der Waals surface area contributed by atoms with Gasteiger partial charge in [-0.3, -0.25) is 9.78 Å². The first kappa shape index (κ1) is 19.5. The van der Waals surface area contributed by atoms with Crippen LogP contribution in [-0.2, 0) is 6.42 Å². The minimum absolute atomic E-state index is 0.0740. The summed E-state index contributed by atoms with van der Waals surface area (Å²) in [6.45, 7) is 4.34. The summed E-state index contributed by atoms with van der Waals surface area (Å²) in [5.74, 6) is 0.773. The van der Waals surface area contributed by atoms with Crippen LogP contribution in [-0.4, -0.2) is 34.8 Å². The van der Waals surface area contributed by atoms with E-state index in [1.807, 2.05) is 56.5 Å². The Hall–Kier alpha value is -2.86. The van der Waals surface area contributed by atoms with Crippen LogP contribution in [0.15, 0.2) is 53.6 Å². The summed E-state index contributed by atoms with van der Waals surface area (Å²) in [5.41, 5.74) is 5.38. The van der Waals surface area contributed by atoms with E-state index in [9.17, 15) is 4.79 Å². The fourth-order valence-electron chi connectivity index (χ4n) is 3.57. The van der Waals surface area contributed by atoms with Crippen molar-refractivity contribution in [2.24, 2.45) is 0 Å². The summed E-state index contributed by atoms with van der Waals surface area (Å²) in [6.07, 6.45) is 4.40. The number of fused-ring (bicyclic) bond motifs is 1. The van der Waals surface area contributed by atoms with Crippen molar-refractivity contribution < 1.29 is 9.53 Å². The minimum Gasteiger partial charge on any atom is -0.487 e. The van der Waals surface area contributed by atoms with Crippen molar-refractivity contribution in [2.75, 3.05) is 12.8 Å². The summed E-state index contributed by atoms with van der Waals surface area (Å²) in [7, 11) is 0. The Morgan fingerprint density at radius 3 is 2.86 bits per heavy atom. The molecule has 0 spiro atoms. The molecule has 0 saturated heterocycles. The molecule has 1 N–H and O–H groups in total. The number of nitrogens with zero attached hydrogens (tertiary/aromatic N) is 2. The van der Waals surface area contributed by atoms with Crippen molar-refractivity contribution >= 4 is 17.7 Å². The molecule has 1 unspecified atom stereocenters. The lowest BCUT2D eigenvalue weighted by Gasteiger charge is -2.15. The number of amides is 1. The number of aromatic nitrogens is 2. The number of ether oxygens (including phenoxy) is 1. The second-order valence-corrected chi connectivity index (χ2v) is 7.94. The van der Waals surface area contributed by atoms with Gasteiger partial charge in [-0.05, 0) is 43.9 Å². The zero-order valence-corrected chi connectivity index (χ0v) is 17.5. The molecule has 0 fully saturated rings. The zero-order valence-electron chi connectivity index (χ0n) is 16.7. The van der Waals surface area contributed by atoms with Gasteiger partial charge in [0.2, 0.25) is 0 Å². The summed E-state index contributed by atoms with van der Waals surface area (Å²) < 4.78 is 6.24. The van der Waals surface area contributed by atoms with Crippen molar-refractivity contribution in [1.29, 1.82) is 0 Å². The Morgan fingerprint density at radius 2 is 2.03 bits per heavy atom. The molecule has 2 aromatic carbocycles. The van der Waals surface area contributed by atoms with Gasteiger partial charge in [-0.1, -0.05) is 24.3 Å². The van der Waals surface area contributed by atoms with Crippen LogP contribution in [0, 0.1) is 13.8 Å². The van der Waals surface area contributed by atoms with Crippen molar-refractivity contribution in [3.05, 3.63) is 71.2 Å². The van der Waals surface area contributed by atoms with Gasteiger partial charge in [-0.2, -0.15) is 0 Å². The van der Waals surface area contributed by atoms with E-state index in [4.69, 9.17) is 4.74 Å². The number of hydrogen-bond donors (Lipinski definition) is 1. The van der Waals surface area contributed by atoms with Crippen molar-refractivity contribution in [2.45, 2.75) is 31.3 Å². The summed E-state index contributed by atoms with van der Waals surface area (Å²) >= 11 is 1.57. The predicted octanol–water partition coefficient (Wildman–Crippen LogP) is 4.22. The number of carbonyl (C=O) groups is 1. The van der Waals surface area contributed by atoms with Crippen molar-refractivity contribution in [1.82, 2.24) is 15.3 Å². The average molecular weight is 406 g/mol. The Morgan fingerprint density at radius 1 is 1.21 bits per heavy atom. The number of carbonyl (C=O) groups excluding carboxylic acids is 1. The number of benzene rings is 2. The number of rotatable bonds is 5. The van der Waals surface area contributed by atoms with Gasteiger partial charge < -0.3 is 10.1 Å². The van der Waals surface area contributed by atoms with Gasteiger partial charge >= 0.3 is 0 Å². The number of hydrogen-bond acceptors (Lipinski definition) is 5. The van der Waals surface area contributed by atoms with Crippen LogP contribution >= 0.6 is 11.8 Å². The molecule has 0 bridgehead atoms. The van der Waals surface area contributed by atoms with Crippen LogP contribution in [0.3, 0.4) is 0 Å². The Balaban J connectivity index is 1.50. The highest BCUT2D eigenvalue weighted by Crippen LogP contribution is 2.38. The first-order valence-electron chi connectivity index (χ1n) is 9.57. The van der Waals surface area contributed by atoms with Crippen LogP contribution in [0.5, 0.6) is 5.75 Å². The molecule has 0 aliphatic carbocycles. The Kier molecular flexibility index (Phi) is 5.53. The van der Waals surface area contributed by atoms with Crippen LogP contribution in [0.1, 0.15) is 27.3 Å². The van der Waals surface area contributed by atoms with Crippen molar-refractivity contribution in [3.63, 3.8) is 0 Å². The highest BCUT2D eigenvalue weighted by molar-refractivity contribution is 7.98. The lowest BCUT2D eigenvalue weighted by molar-refractivity contribution is 0.0930. The third-order valence-corrected chi connectivity index (χ3v) is 5.80. The highest BCUT2D eigenvalue weighted by Gasteiger charge is 2.27. The molecule has 5 nitrogen and oxygen atoms in total. The van der Waals surface area contributed by atoms with Gasteiger partial charge in [-0.15, -0.1) is 11.8 Å². The molecule has 29 heavy (non-hydrogen) atoms. The van der Waals surface area contributed by atoms with E-state index in [1.54, 1.807) is 18.0 Å². The van der Waals surface area contributed by atoms with E-state index in [2.05, 4.69) is 21.4 Å². The molecule has 148 valence electrons. The molecular weight excluding hydrogens is 382 g/mol. The summed E-state index contributed by atoms with van der Waals surface area (Å²) in [5, 5.41) is 3.02.